The summed E-state index contributed by atoms with van der Waals surface area (Å²) in [5.41, 5.74) is 0.122. The van der Waals surface area contributed by atoms with Crippen molar-refractivity contribution in [2.75, 3.05) is 0 Å². The van der Waals surface area contributed by atoms with Crippen LogP contribution in [-0.2, 0) is 9.59 Å². The summed E-state index contributed by atoms with van der Waals surface area (Å²) < 4.78 is 0. The van der Waals surface area contributed by atoms with Crippen molar-refractivity contribution in [3.63, 3.8) is 0 Å². The number of carbonyl (C=O) groups is 2. The van der Waals surface area contributed by atoms with Gasteiger partial charge in [0.25, 0.3) is 0 Å². The van der Waals surface area contributed by atoms with Crippen molar-refractivity contribution in [1.29, 1.82) is 0 Å². The molecule has 3 rings (SSSR count). The summed E-state index contributed by atoms with van der Waals surface area (Å²) in [7, 11) is 0. The fraction of sp³-hybridized carbons (Fsp3) is 0.900. The Morgan fingerprint density at radius 3 is 1.05 bits per heavy atom. The fourth-order valence-corrected chi connectivity index (χ4v) is 5.73. The highest BCUT2D eigenvalue weighted by molar-refractivity contribution is 5.91. The van der Waals surface area contributed by atoms with E-state index in [9.17, 15) is 9.59 Å². The van der Waals surface area contributed by atoms with Gasteiger partial charge in [-0.3, -0.25) is 9.59 Å². The first-order valence-electron chi connectivity index (χ1n) is 9.69. The molecule has 2 nitrogen and oxygen atoms in total. The van der Waals surface area contributed by atoms with E-state index in [-0.39, 0.29) is 10.8 Å². The van der Waals surface area contributed by atoms with Crippen LogP contribution in [0.25, 0.3) is 0 Å². The second-order valence-electron chi connectivity index (χ2n) is 8.38. The largest absolute Gasteiger partial charge is 0.300 e. The molecule has 0 radical (unpaired) electrons. The molecule has 0 N–H and O–H groups in total. The topological polar surface area (TPSA) is 34.1 Å². The van der Waals surface area contributed by atoms with Crippen molar-refractivity contribution >= 4 is 11.6 Å². The molecule has 3 fully saturated rings. The van der Waals surface area contributed by atoms with Crippen molar-refractivity contribution in [3.05, 3.63) is 0 Å². The van der Waals surface area contributed by atoms with Crippen LogP contribution in [0.3, 0.4) is 0 Å². The van der Waals surface area contributed by atoms with Gasteiger partial charge in [0.15, 0.2) is 0 Å². The molecule has 2 heteroatoms. The lowest BCUT2D eigenvalue weighted by atomic mass is 9.63. The Labute approximate surface area is 135 Å². The van der Waals surface area contributed by atoms with Crippen LogP contribution < -0.4 is 0 Å². The maximum absolute atomic E-state index is 12.3. The molecule has 0 amide bonds. The van der Waals surface area contributed by atoms with Gasteiger partial charge < -0.3 is 0 Å². The summed E-state index contributed by atoms with van der Waals surface area (Å²) in [4.78, 5) is 24.5. The predicted octanol–water partition coefficient (Wildman–Crippen LogP) is 5.38. The van der Waals surface area contributed by atoms with E-state index in [1.54, 1.807) is 0 Å². The smallest absolute Gasteiger partial charge is 0.134 e. The van der Waals surface area contributed by atoms with Crippen LogP contribution in [0, 0.1) is 10.8 Å². The molecule has 0 bridgehead atoms. The van der Waals surface area contributed by atoms with Gasteiger partial charge >= 0.3 is 0 Å². The summed E-state index contributed by atoms with van der Waals surface area (Å²) in [6.45, 7) is 0. The number of carbonyl (C=O) groups excluding carboxylic acids is 2. The van der Waals surface area contributed by atoms with E-state index in [2.05, 4.69) is 0 Å². The quantitative estimate of drug-likeness (QED) is 0.602. The molecule has 0 heterocycles. The third kappa shape index (κ3) is 3.16. The van der Waals surface area contributed by atoms with Gasteiger partial charge in [-0.25, -0.2) is 0 Å². The van der Waals surface area contributed by atoms with Crippen LogP contribution in [0.4, 0.5) is 0 Å². The molecule has 3 aliphatic carbocycles. The first-order chi connectivity index (χ1) is 10.7. The molecule has 0 aromatic rings. The molecule has 0 aromatic carbocycles. The molecule has 0 aliphatic heterocycles. The van der Waals surface area contributed by atoms with E-state index in [1.165, 1.54) is 64.2 Å². The third-order valence-electron chi connectivity index (χ3n) is 6.83. The van der Waals surface area contributed by atoms with Crippen LogP contribution in [-0.4, -0.2) is 11.6 Å². The molecule has 3 saturated carbocycles. The van der Waals surface area contributed by atoms with Crippen LogP contribution >= 0.6 is 0 Å². The summed E-state index contributed by atoms with van der Waals surface area (Å²) in [6.07, 6.45) is 18.3. The zero-order valence-corrected chi connectivity index (χ0v) is 14.1. The summed E-state index contributed by atoms with van der Waals surface area (Å²) in [6, 6.07) is 0. The van der Waals surface area contributed by atoms with Crippen molar-refractivity contribution < 1.29 is 9.59 Å². The Hall–Kier alpha value is -0.660. The van der Waals surface area contributed by atoms with Crippen molar-refractivity contribution in [3.8, 4) is 0 Å². The highest BCUT2D eigenvalue weighted by Gasteiger charge is 2.61. The Kier molecular flexibility index (Phi) is 5.04. The SMILES string of the molecule is O=C1CC23CCCCCCCCCCCCC2(C1)CC(=O)C3. The predicted molar refractivity (Wildman–Crippen MR) is 88.8 cm³/mol. The van der Waals surface area contributed by atoms with E-state index < -0.39 is 0 Å². The Balaban J connectivity index is 1.74. The molecule has 3 aliphatic rings. The van der Waals surface area contributed by atoms with Gasteiger partial charge in [0.1, 0.15) is 11.6 Å². The van der Waals surface area contributed by atoms with E-state index in [0.717, 1.165) is 12.8 Å². The minimum atomic E-state index is 0.0608. The minimum Gasteiger partial charge on any atom is -0.300 e. The average Bonchev–Trinajstić information content (AvgIpc) is 2.85. The average molecular weight is 304 g/mol. The van der Waals surface area contributed by atoms with Crippen molar-refractivity contribution in [2.24, 2.45) is 10.8 Å². The Morgan fingerprint density at radius 2 is 0.727 bits per heavy atom. The van der Waals surface area contributed by atoms with Crippen LogP contribution in [0.2, 0.25) is 0 Å². The second-order valence-corrected chi connectivity index (χ2v) is 8.38. The van der Waals surface area contributed by atoms with Gasteiger partial charge in [-0.05, 0) is 23.7 Å². The first kappa shape index (κ1) is 16.2. The lowest BCUT2D eigenvalue weighted by molar-refractivity contribution is -0.120. The molecule has 0 aromatic heterocycles. The molecule has 0 spiro atoms. The molecule has 0 saturated heterocycles. The normalized spacial score (nSPS) is 38.4. The summed E-state index contributed by atoms with van der Waals surface area (Å²) in [5, 5.41) is 0. The van der Waals surface area contributed by atoms with Crippen molar-refractivity contribution in [2.45, 2.75) is 103 Å². The third-order valence-corrected chi connectivity index (χ3v) is 6.83. The van der Waals surface area contributed by atoms with Gasteiger partial charge in [-0.15, -0.1) is 0 Å². The second kappa shape index (κ2) is 6.84. The maximum atomic E-state index is 12.3. The number of ketones is 2. The Morgan fingerprint density at radius 1 is 0.455 bits per heavy atom. The monoisotopic (exact) mass is 304 g/mol. The van der Waals surface area contributed by atoms with Crippen LogP contribution in [0.5, 0.6) is 0 Å². The minimum absolute atomic E-state index is 0.0608. The first-order valence-corrected chi connectivity index (χ1v) is 9.69. The maximum Gasteiger partial charge on any atom is 0.134 e. The van der Waals surface area contributed by atoms with E-state index in [4.69, 9.17) is 0 Å². The van der Waals surface area contributed by atoms with Gasteiger partial charge in [-0.2, -0.15) is 0 Å². The highest BCUT2D eigenvalue weighted by Crippen LogP contribution is 2.65. The molecule has 124 valence electrons. The van der Waals surface area contributed by atoms with E-state index in [0.29, 0.717) is 37.2 Å². The summed E-state index contributed by atoms with van der Waals surface area (Å²) >= 11 is 0. The highest BCUT2D eigenvalue weighted by atomic mass is 16.1. The van der Waals surface area contributed by atoms with Crippen LogP contribution in [0.1, 0.15) is 103 Å². The fourth-order valence-electron chi connectivity index (χ4n) is 5.73. The van der Waals surface area contributed by atoms with Gasteiger partial charge in [-0.1, -0.05) is 64.2 Å². The van der Waals surface area contributed by atoms with Crippen molar-refractivity contribution in [1.82, 2.24) is 0 Å². The van der Waals surface area contributed by atoms with Gasteiger partial charge in [0.2, 0.25) is 0 Å². The Bertz CT molecular complexity index is 367. The number of rotatable bonds is 0. The van der Waals surface area contributed by atoms with Gasteiger partial charge in [0.05, 0.1) is 0 Å². The standard InChI is InChI=1S/C20H32O2/c21-17-13-19-11-9-7-5-3-1-2-4-6-8-10-12-20(19,15-17)16-18(22)14-19/h1-16H2. The molecular formula is C20H32O2. The molecule has 0 atom stereocenters. The summed E-state index contributed by atoms with van der Waals surface area (Å²) in [5.74, 6) is 0.883. The zero-order chi connectivity index (χ0) is 15.5. The molecule has 0 unspecified atom stereocenters. The zero-order valence-electron chi connectivity index (χ0n) is 14.1. The number of Topliss-reactive ketones (excluding diaryl/α,β-unsaturated/α-hetero) is 2. The number of hydrogen-bond acceptors (Lipinski definition) is 2. The molecular weight excluding hydrogens is 272 g/mol. The lowest BCUT2D eigenvalue weighted by Crippen LogP contribution is -2.32. The van der Waals surface area contributed by atoms with Gasteiger partial charge in [0, 0.05) is 25.7 Å². The molecule has 22 heavy (non-hydrogen) atoms. The lowest BCUT2D eigenvalue weighted by Gasteiger charge is -2.40. The van der Waals surface area contributed by atoms with E-state index >= 15 is 0 Å². The van der Waals surface area contributed by atoms with E-state index in [1.807, 2.05) is 0 Å². The number of hydrogen-bond donors (Lipinski definition) is 0. The van der Waals surface area contributed by atoms with Crippen LogP contribution in [0.15, 0.2) is 0 Å².